The van der Waals surface area contributed by atoms with E-state index in [1.165, 1.54) is 37.7 Å². The van der Waals surface area contributed by atoms with Crippen LogP contribution in [0.25, 0.3) is 0 Å². The zero-order valence-corrected chi connectivity index (χ0v) is 16.8. The third-order valence-electron chi connectivity index (χ3n) is 10.2. The van der Waals surface area contributed by atoms with Crippen LogP contribution in [0.15, 0.2) is 12.2 Å². The number of rotatable bonds is 1. The van der Waals surface area contributed by atoms with Crippen molar-refractivity contribution in [3.8, 4) is 0 Å². The van der Waals surface area contributed by atoms with Crippen LogP contribution in [0.4, 0.5) is 0 Å². The molecule has 4 aliphatic heterocycles. The SMILES string of the molecule is C=C1[C@@H]2CC[C@]3(C(C2)[C@]24CCC[C@H]5C2C[C@@H]3OC4N2CCO[C@@H]52)[C@H]1OC(C)=O. The van der Waals surface area contributed by atoms with Crippen molar-refractivity contribution in [2.24, 2.45) is 34.5 Å². The first-order chi connectivity index (χ1) is 13.6. The second-order valence-electron chi connectivity index (χ2n) is 10.7. The summed E-state index contributed by atoms with van der Waals surface area (Å²) in [6.07, 6.45) is 9.08. The molecule has 3 unspecified atom stereocenters. The number of carbonyl (C=O) groups is 1. The Morgan fingerprint density at radius 2 is 2.14 bits per heavy atom. The van der Waals surface area contributed by atoms with Gasteiger partial charge in [0.15, 0.2) is 0 Å². The summed E-state index contributed by atoms with van der Waals surface area (Å²) >= 11 is 0. The molecule has 4 heterocycles. The Morgan fingerprint density at radius 3 is 3.00 bits per heavy atom. The van der Waals surface area contributed by atoms with Crippen molar-refractivity contribution in [3.05, 3.63) is 12.2 Å². The minimum absolute atomic E-state index is 0.0419. The smallest absolute Gasteiger partial charge is 0.303 e. The number of carbonyl (C=O) groups excluding carboxylic acids is 1. The quantitative estimate of drug-likeness (QED) is 0.513. The summed E-state index contributed by atoms with van der Waals surface area (Å²) in [5, 5.41) is 0. The molecule has 5 saturated carbocycles. The third-order valence-corrected chi connectivity index (χ3v) is 10.2. The van der Waals surface area contributed by atoms with Crippen molar-refractivity contribution in [3.63, 3.8) is 0 Å². The third kappa shape index (κ3) is 1.64. The number of hydrogen-bond acceptors (Lipinski definition) is 5. The number of hydrogen-bond donors (Lipinski definition) is 0. The first kappa shape index (κ1) is 16.8. The molecule has 10 atom stereocenters. The number of ether oxygens (including phenoxy) is 3. The minimum Gasteiger partial charge on any atom is -0.457 e. The van der Waals surface area contributed by atoms with Gasteiger partial charge in [0.2, 0.25) is 0 Å². The average Bonchev–Trinajstić information content (AvgIpc) is 3.16. The topological polar surface area (TPSA) is 48.0 Å². The molecule has 9 fully saturated rings. The lowest BCUT2D eigenvalue weighted by Crippen LogP contribution is -2.81. The maximum atomic E-state index is 12.0. The molecule has 0 amide bonds. The molecule has 7 bridgehead atoms. The van der Waals surface area contributed by atoms with Crippen LogP contribution >= 0.6 is 0 Å². The maximum Gasteiger partial charge on any atom is 0.303 e. The molecule has 9 rings (SSSR count). The molecule has 0 N–H and O–H groups in total. The molecule has 5 nitrogen and oxygen atoms in total. The molecular formula is C23H31NO4. The normalized spacial score (nSPS) is 58.4. The van der Waals surface area contributed by atoms with E-state index in [4.69, 9.17) is 14.2 Å². The average molecular weight is 386 g/mol. The fourth-order valence-electron chi connectivity index (χ4n) is 9.55. The van der Waals surface area contributed by atoms with Crippen molar-refractivity contribution >= 4 is 5.97 Å². The molecule has 0 radical (unpaired) electrons. The summed E-state index contributed by atoms with van der Waals surface area (Å²) < 4.78 is 19.3. The Balaban J connectivity index is 1.40. The van der Waals surface area contributed by atoms with Gasteiger partial charge in [0.25, 0.3) is 0 Å². The van der Waals surface area contributed by atoms with E-state index in [-0.39, 0.29) is 41.5 Å². The minimum atomic E-state index is -0.166. The van der Waals surface area contributed by atoms with E-state index < -0.39 is 0 Å². The Hall–Kier alpha value is -0.910. The van der Waals surface area contributed by atoms with Crippen molar-refractivity contribution in [2.45, 2.75) is 76.5 Å². The molecular weight excluding hydrogens is 354 g/mol. The summed E-state index contributed by atoms with van der Waals surface area (Å²) in [6, 6.07) is 0. The van der Waals surface area contributed by atoms with Crippen LogP contribution in [-0.4, -0.2) is 48.7 Å². The standard InChI is InChI=1S/C23H31NO4/c1-12-14-5-7-23(19(12)27-13(2)25)17(10-14)22-6-3-4-15-16(22)11-18(23)28-21(22)24-8-9-26-20(15)24/h14-21H,1,3-11H2,2H3/t14-,15+,16?,17?,18+,19+,20+,21?,22+,23-/m1/s1. The van der Waals surface area contributed by atoms with Crippen LogP contribution < -0.4 is 0 Å². The van der Waals surface area contributed by atoms with Crippen LogP contribution in [0.2, 0.25) is 0 Å². The molecule has 5 heteroatoms. The molecule has 28 heavy (non-hydrogen) atoms. The van der Waals surface area contributed by atoms with Gasteiger partial charge in [-0.2, -0.15) is 0 Å². The van der Waals surface area contributed by atoms with Gasteiger partial charge in [-0.05, 0) is 61.9 Å². The van der Waals surface area contributed by atoms with E-state index in [9.17, 15) is 4.79 Å². The van der Waals surface area contributed by atoms with Gasteiger partial charge in [-0.15, -0.1) is 0 Å². The van der Waals surface area contributed by atoms with Gasteiger partial charge in [-0.3, -0.25) is 4.79 Å². The molecule has 0 aromatic carbocycles. The van der Waals surface area contributed by atoms with Crippen LogP contribution in [0.3, 0.4) is 0 Å². The lowest BCUT2D eigenvalue weighted by Gasteiger charge is -2.78. The van der Waals surface area contributed by atoms with E-state index in [1.807, 2.05) is 0 Å². The predicted molar refractivity (Wildman–Crippen MR) is 101 cm³/mol. The van der Waals surface area contributed by atoms with Crippen LogP contribution in [0.5, 0.6) is 0 Å². The van der Waals surface area contributed by atoms with Gasteiger partial charge in [0, 0.05) is 30.2 Å². The van der Waals surface area contributed by atoms with Crippen molar-refractivity contribution < 1.29 is 19.0 Å². The van der Waals surface area contributed by atoms with Crippen LogP contribution in [0, 0.1) is 34.5 Å². The number of piperidine rings is 1. The molecule has 5 aliphatic carbocycles. The molecule has 9 aliphatic rings. The van der Waals surface area contributed by atoms with Gasteiger partial charge in [-0.25, -0.2) is 4.90 Å². The number of fused-ring (bicyclic) bond motifs is 4. The van der Waals surface area contributed by atoms with Gasteiger partial charge in [0.1, 0.15) is 18.6 Å². The van der Waals surface area contributed by atoms with E-state index in [0.29, 0.717) is 23.7 Å². The maximum absolute atomic E-state index is 12.0. The predicted octanol–water partition coefficient (Wildman–Crippen LogP) is 3.09. The number of esters is 1. The zero-order valence-electron chi connectivity index (χ0n) is 16.8. The number of nitrogens with zero attached hydrogens (tertiary/aromatic N) is 1. The Bertz CT molecular complexity index is 768. The Labute approximate surface area is 166 Å². The van der Waals surface area contributed by atoms with Crippen LogP contribution in [0.1, 0.15) is 51.9 Å². The second-order valence-corrected chi connectivity index (χ2v) is 10.7. The largest absolute Gasteiger partial charge is 0.457 e. The Kier molecular flexibility index (Phi) is 3.14. The van der Waals surface area contributed by atoms with Gasteiger partial charge >= 0.3 is 5.97 Å². The first-order valence-corrected chi connectivity index (χ1v) is 11.5. The highest BCUT2D eigenvalue weighted by atomic mass is 16.6. The van der Waals surface area contributed by atoms with E-state index in [2.05, 4.69) is 11.5 Å². The molecule has 2 spiro atoms. The lowest BCUT2D eigenvalue weighted by molar-refractivity contribution is -0.407. The molecule has 152 valence electrons. The van der Waals surface area contributed by atoms with Gasteiger partial charge in [-0.1, -0.05) is 13.0 Å². The summed E-state index contributed by atoms with van der Waals surface area (Å²) in [5.74, 6) is 2.32. The summed E-state index contributed by atoms with van der Waals surface area (Å²) in [5.41, 5.74) is 1.35. The van der Waals surface area contributed by atoms with E-state index in [0.717, 1.165) is 26.0 Å². The highest BCUT2D eigenvalue weighted by Gasteiger charge is 2.79. The monoisotopic (exact) mass is 385 g/mol. The molecule has 0 aromatic heterocycles. The van der Waals surface area contributed by atoms with Crippen molar-refractivity contribution in [1.29, 1.82) is 0 Å². The van der Waals surface area contributed by atoms with Gasteiger partial charge in [0.05, 0.1) is 12.7 Å². The summed E-state index contributed by atoms with van der Waals surface area (Å²) in [7, 11) is 0. The van der Waals surface area contributed by atoms with E-state index in [1.54, 1.807) is 6.92 Å². The first-order valence-electron chi connectivity index (χ1n) is 11.5. The second kappa shape index (κ2) is 5.22. The highest BCUT2D eigenvalue weighted by molar-refractivity contribution is 5.67. The van der Waals surface area contributed by atoms with Crippen LogP contribution in [-0.2, 0) is 19.0 Å². The highest BCUT2D eigenvalue weighted by Crippen LogP contribution is 2.77. The fraction of sp³-hybridized carbons (Fsp3) is 0.870. The lowest BCUT2D eigenvalue weighted by atomic mass is 9.34. The van der Waals surface area contributed by atoms with Crippen molar-refractivity contribution in [2.75, 3.05) is 13.2 Å². The van der Waals surface area contributed by atoms with E-state index >= 15 is 0 Å². The van der Waals surface area contributed by atoms with Gasteiger partial charge < -0.3 is 14.2 Å². The zero-order chi connectivity index (χ0) is 18.8. The molecule has 0 aromatic rings. The Morgan fingerprint density at radius 1 is 1.25 bits per heavy atom. The summed E-state index contributed by atoms with van der Waals surface area (Å²) in [4.78, 5) is 14.6. The summed E-state index contributed by atoms with van der Waals surface area (Å²) in [6.45, 7) is 7.85. The van der Waals surface area contributed by atoms with Crippen molar-refractivity contribution in [1.82, 2.24) is 4.90 Å². The molecule has 4 saturated heterocycles. The fourth-order valence-corrected chi connectivity index (χ4v) is 9.55.